The Morgan fingerprint density at radius 1 is 1.31 bits per heavy atom. The zero-order valence-corrected chi connectivity index (χ0v) is 16.5. The number of likely N-dealkylation sites (tertiary alicyclic amines) is 1. The summed E-state index contributed by atoms with van der Waals surface area (Å²) >= 11 is 5.98. The molecule has 2 N–H and O–H groups in total. The lowest BCUT2D eigenvalue weighted by Gasteiger charge is -2.38. The molecule has 0 saturated carbocycles. The Balaban J connectivity index is 1.81. The number of nitrogens with two attached hydrogens (primary N) is 1. The Bertz CT molecular complexity index is 784. The van der Waals surface area contributed by atoms with Gasteiger partial charge in [0.05, 0.1) is 17.8 Å². The third-order valence-corrected chi connectivity index (χ3v) is 5.66. The minimum atomic E-state index is 0.147. The fraction of sp³-hybridized carbons (Fsp3) is 0.500. The van der Waals surface area contributed by atoms with Crippen LogP contribution in [0.25, 0.3) is 5.69 Å². The fourth-order valence-corrected chi connectivity index (χ4v) is 3.95. The van der Waals surface area contributed by atoms with Crippen LogP contribution in [0.15, 0.2) is 24.3 Å². The first-order chi connectivity index (χ1) is 12.4. The highest BCUT2D eigenvalue weighted by Crippen LogP contribution is 2.25. The number of hydrogen-bond donors (Lipinski definition) is 1. The average Bonchev–Trinajstić information content (AvgIpc) is 2.90. The maximum atomic E-state index is 13.0. The quantitative estimate of drug-likeness (QED) is 0.893. The molecular formula is C20H27ClN4O. The van der Waals surface area contributed by atoms with Crippen LogP contribution in [0.5, 0.6) is 0 Å². The van der Waals surface area contributed by atoms with Crippen molar-refractivity contribution in [3.63, 3.8) is 0 Å². The SMILES string of the molecule is Cc1nn(-c2ccc(Cl)cc2)c(C)c1CC(=O)N1CCC(C)CC1CN. The van der Waals surface area contributed by atoms with Gasteiger partial charge in [-0.05, 0) is 56.9 Å². The summed E-state index contributed by atoms with van der Waals surface area (Å²) in [7, 11) is 0. The first-order valence-electron chi connectivity index (χ1n) is 9.21. The summed E-state index contributed by atoms with van der Waals surface area (Å²) in [6, 6.07) is 7.71. The summed E-state index contributed by atoms with van der Waals surface area (Å²) in [6.45, 7) is 7.52. The Kier molecular flexibility index (Phi) is 5.68. The van der Waals surface area contributed by atoms with Crippen molar-refractivity contribution >= 4 is 17.5 Å². The number of carbonyl (C=O) groups excluding carboxylic acids is 1. The molecule has 1 fully saturated rings. The molecule has 140 valence electrons. The number of aromatic nitrogens is 2. The fourth-order valence-electron chi connectivity index (χ4n) is 3.82. The number of hydrogen-bond acceptors (Lipinski definition) is 3. The minimum Gasteiger partial charge on any atom is -0.338 e. The molecular weight excluding hydrogens is 348 g/mol. The number of nitrogens with zero attached hydrogens (tertiary/aromatic N) is 3. The van der Waals surface area contributed by atoms with Crippen LogP contribution in [-0.2, 0) is 11.2 Å². The van der Waals surface area contributed by atoms with Crippen molar-refractivity contribution in [3.05, 3.63) is 46.2 Å². The van der Waals surface area contributed by atoms with Gasteiger partial charge in [0.1, 0.15) is 0 Å². The van der Waals surface area contributed by atoms with Gasteiger partial charge in [-0.3, -0.25) is 4.79 Å². The molecule has 1 aliphatic rings. The van der Waals surface area contributed by atoms with Crippen LogP contribution >= 0.6 is 11.6 Å². The molecule has 3 rings (SSSR count). The van der Waals surface area contributed by atoms with Crippen molar-refractivity contribution in [1.82, 2.24) is 14.7 Å². The molecule has 2 unspecified atom stereocenters. The summed E-state index contributed by atoms with van der Waals surface area (Å²) < 4.78 is 1.88. The Labute approximate surface area is 160 Å². The predicted molar refractivity (Wildman–Crippen MR) is 105 cm³/mol. The van der Waals surface area contributed by atoms with E-state index in [0.29, 0.717) is 23.9 Å². The van der Waals surface area contributed by atoms with E-state index in [1.54, 1.807) is 0 Å². The lowest BCUT2D eigenvalue weighted by Crippen LogP contribution is -2.49. The molecule has 1 saturated heterocycles. The van der Waals surface area contributed by atoms with Crippen LogP contribution in [-0.4, -0.2) is 39.7 Å². The summed E-state index contributed by atoms with van der Waals surface area (Å²) in [5, 5.41) is 5.33. The largest absolute Gasteiger partial charge is 0.338 e. The van der Waals surface area contributed by atoms with Crippen LogP contribution < -0.4 is 5.73 Å². The topological polar surface area (TPSA) is 64.2 Å². The molecule has 26 heavy (non-hydrogen) atoms. The summed E-state index contributed by atoms with van der Waals surface area (Å²) in [5.41, 5.74) is 9.74. The van der Waals surface area contributed by atoms with Gasteiger partial charge in [0.2, 0.25) is 5.91 Å². The second-order valence-electron chi connectivity index (χ2n) is 7.32. The summed E-state index contributed by atoms with van der Waals surface area (Å²) in [5.74, 6) is 0.776. The Morgan fingerprint density at radius 3 is 2.65 bits per heavy atom. The smallest absolute Gasteiger partial charge is 0.227 e. The van der Waals surface area contributed by atoms with Gasteiger partial charge in [0.15, 0.2) is 0 Å². The molecule has 1 amide bonds. The third-order valence-electron chi connectivity index (χ3n) is 5.41. The maximum Gasteiger partial charge on any atom is 0.227 e. The molecule has 1 aromatic heterocycles. The lowest BCUT2D eigenvalue weighted by atomic mass is 9.92. The monoisotopic (exact) mass is 374 g/mol. The van der Waals surface area contributed by atoms with E-state index in [-0.39, 0.29) is 11.9 Å². The van der Waals surface area contributed by atoms with Gasteiger partial charge in [0, 0.05) is 35.4 Å². The van der Waals surface area contributed by atoms with Gasteiger partial charge in [-0.25, -0.2) is 4.68 Å². The standard InChI is InChI=1S/C20H27ClN4O/c1-13-8-9-24(18(10-13)12-22)20(26)11-19-14(2)23-25(15(19)3)17-6-4-16(21)5-7-17/h4-7,13,18H,8-12,22H2,1-3H3. The van der Waals surface area contributed by atoms with E-state index >= 15 is 0 Å². The molecule has 0 bridgehead atoms. The highest BCUT2D eigenvalue weighted by atomic mass is 35.5. The minimum absolute atomic E-state index is 0.147. The number of benzene rings is 1. The molecule has 1 aliphatic heterocycles. The number of piperidine rings is 1. The molecule has 5 nitrogen and oxygen atoms in total. The second-order valence-corrected chi connectivity index (χ2v) is 7.76. The first-order valence-corrected chi connectivity index (χ1v) is 9.59. The number of rotatable bonds is 4. The first kappa shape index (κ1) is 18.9. The van der Waals surface area contributed by atoms with E-state index in [1.165, 1.54) is 0 Å². The molecule has 0 spiro atoms. The van der Waals surface area contributed by atoms with Crippen molar-refractivity contribution in [2.45, 2.75) is 46.1 Å². The second kappa shape index (κ2) is 7.80. The molecule has 0 aliphatic carbocycles. The summed E-state index contributed by atoms with van der Waals surface area (Å²) in [6.07, 6.45) is 2.41. The van der Waals surface area contributed by atoms with Crippen LogP contribution in [0.4, 0.5) is 0 Å². The molecule has 6 heteroatoms. The van der Waals surface area contributed by atoms with Crippen molar-refractivity contribution in [3.8, 4) is 5.69 Å². The molecule has 2 atom stereocenters. The zero-order chi connectivity index (χ0) is 18.8. The number of aryl methyl sites for hydroxylation is 1. The Morgan fingerprint density at radius 2 is 2.00 bits per heavy atom. The molecule has 1 aromatic carbocycles. The van der Waals surface area contributed by atoms with Crippen LogP contribution in [0.2, 0.25) is 5.02 Å². The molecule has 2 heterocycles. The van der Waals surface area contributed by atoms with Crippen molar-refractivity contribution < 1.29 is 4.79 Å². The van der Waals surface area contributed by atoms with Crippen LogP contribution in [0.1, 0.15) is 36.7 Å². The van der Waals surface area contributed by atoms with E-state index in [9.17, 15) is 4.79 Å². The van der Waals surface area contributed by atoms with Gasteiger partial charge in [-0.15, -0.1) is 0 Å². The van der Waals surface area contributed by atoms with Crippen molar-refractivity contribution in [1.29, 1.82) is 0 Å². The van der Waals surface area contributed by atoms with Gasteiger partial charge in [-0.1, -0.05) is 18.5 Å². The molecule has 0 radical (unpaired) electrons. The highest BCUT2D eigenvalue weighted by molar-refractivity contribution is 6.30. The van der Waals surface area contributed by atoms with Crippen LogP contribution in [0.3, 0.4) is 0 Å². The van der Waals surface area contributed by atoms with Gasteiger partial charge < -0.3 is 10.6 Å². The van der Waals surface area contributed by atoms with E-state index in [4.69, 9.17) is 17.3 Å². The average molecular weight is 375 g/mol. The normalized spacial score (nSPS) is 20.4. The van der Waals surface area contributed by atoms with Crippen LogP contribution in [0, 0.1) is 19.8 Å². The van der Waals surface area contributed by atoms with Crippen molar-refractivity contribution in [2.75, 3.05) is 13.1 Å². The number of carbonyl (C=O) groups is 1. The van der Waals surface area contributed by atoms with Crippen molar-refractivity contribution in [2.24, 2.45) is 11.7 Å². The van der Waals surface area contributed by atoms with E-state index in [2.05, 4.69) is 12.0 Å². The van der Waals surface area contributed by atoms with Gasteiger partial charge in [0.25, 0.3) is 0 Å². The summed E-state index contributed by atoms with van der Waals surface area (Å²) in [4.78, 5) is 14.9. The Hall–Kier alpha value is -1.85. The third kappa shape index (κ3) is 3.79. The predicted octanol–water partition coefficient (Wildman–Crippen LogP) is 3.27. The van der Waals surface area contributed by atoms with E-state index in [0.717, 1.165) is 42.0 Å². The number of halogens is 1. The maximum absolute atomic E-state index is 13.0. The van der Waals surface area contributed by atoms with E-state index in [1.807, 2.05) is 47.7 Å². The van der Waals surface area contributed by atoms with Gasteiger partial charge >= 0.3 is 0 Å². The lowest BCUT2D eigenvalue weighted by molar-refractivity contribution is -0.134. The van der Waals surface area contributed by atoms with E-state index < -0.39 is 0 Å². The highest BCUT2D eigenvalue weighted by Gasteiger charge is 2.29. The molecule has 2 aromatic rings. The number of amides is 1. The zero-order valence-electron chi connectivity index (χ0n) is 15.7. The van der Waals surface area contributed by atoms with Gasteiger partial charge in [-0.2, -0.15) is 5.10 Å².